The van der Waals surface area contributed by atoms with E-state index >= 15 is 0 Å². The number of rotatable bonds is 4. The molecule has 0 aromatic rings. The van der Waals surface area contributed by atoms with Crippen molar-refractivity contribution >= 4 is 28.0 Å². The molecule has 0 rings (SSSR count). The second-order valence-electron chi connectivity index (χ2n) is 4.26. The Bertz CT molecular complexity index is 296. The number of carboxylic acids is 1. The molecule has 0 saturated carbocycles. The lowest BCUT2D eigenvalue weighted by atomic mass is 10.2. The SMILES string of the molecule is C=C(Br)C[C@H](NC(=O)OC(C)(C)C)C(=O)O. The molecule has 16 heavy (non-hydrogen) atoms. The molecule has 0 aliphatic heterocycles. The van der Waals surface area contributed by atoms with Gasteiger partial charge in [-0.3, -0.25) is 0 Å². The highest BCUT2D eigenvalue weighted by Crippen LogP contribution is 2.12. The molecule has 6 heteroatoms. The molecular weight excluding hydrogens is 278 g/mol. The number of aliphatic carboxylic acids is 1. The van der Waals surface area contributed by atoms with Gasteiger partial charge in [0.15, 0.2) is 0 Å². The minimum atomic E-state index is -1.13. The number of alkyl carbamates (subject to hydrolysis) is 1. The highest BCUT2D eigenvalue weighted by Gasteiger charge is 2.23. The van der Waals surface area contributed by atoms with Crippen molar-refractivity contribution in [3.63, 3.8) is 0 Å². The number of ether oxygens (including phenoxy) is 1. The van der Waals surface area contributed by atoms with Gasteiger partial charge in [0.1, 0.15) is 11.6 Å². The van der Waals surface area contributed by atoms with Crippen LogP contribution in [0.3, 0.4) is 0 Å². The van der Waals surface area contributed by atoms with Gasteiger partial charge < -0.3 is 15.2 Å². The van der Waals surface area contributed by atoms with E-state index in [0.717, 1.165) is 0 Å². The van der Waals surface area contributed by atoms with E-state index in [2.05, 4.69) is 27.8 Å². The summed E-state index contributed by atoms with van der Waals surface area (Å²) in [6, 6.07) is -1.04. The molecule has 0 unspecified atom stereocenters. The fourth-order valence-corrected chi connectivity index (χ4v) is 1.20. The van der Waals surface area contributed by atoms with E-state index < -0.39 is 23.7 Å². The Morgan fingerprint density at radius 3 is 2.31 bits per heavy atom. The first kappa shape index (κ1) is 15.0. The number of carbonyl (C=O) groups is 2. The third kappa shape index (κ3) is 7.28. The van der Waals surface area contributed by atoms with Crippen LogP contribution in [0, 0.1) is 0 Å². The Kier molecular flexibility index (Phi) is 5.50. The summed E-state index contributed by atoms with van der Waals surface area (Å²) in [5.41, 5.74) is -0.654. The van der Waals surface area contributed by atoms with Crippen molar-refractivity contribution in [2.45, 2.75) is 38.8 Å². The molecule has 0 aromatic carbocycles. The van der Waals surface area contributed by atoms with Crippen LogP contribution in [-0.4, -0.2) is 28.8 Å². The molecule has 0 radical (unpaired) electrons. The van der Waals surface area contributed by atoms with E-state index in [9.17, 15) is 9.59 Å². The summed E-state index contributed by atoms with van der Waals surface area (Å²) in [5.74, 6) is -1.13. The van der Waals surface area contributed by atoms with E-state index in [0.29, 0.717) is 4.48 Å². The van der Waals surface area contributed by atoms with Crippen LogP contribution in [0.4, 0.5) is 4.79 Å². The van der Waals surface area contributed by atoms with Gasteiger partial charge in [0, 0.05) is 6.42 Å². The van der Waals surface area contributed by atoms with Gasteiger partial charge in [0.25, 0.3) is 0 Å². The third-order valence-corrected chi connectivity index (χ3v) is 1.74. The zero-order valence-electron chi connectivity index (χ0n) is 9.54. The van der Waals surface area contributed by atoms with Gasteiger partial charge in [-0.2, -0.15) is 0 Å². The minimum absolute atomic E-state index is 0.106. The van der Waals surface area contributed by atoms with Crippen molar-refractivity contribution < 1.29 is 19.4 Å². The quantitative estimate of drug-likeness (QED) is 0.834. The minimum Gasteiger partial charge on any atom is -0.480 e. The number of amides is 1. The van der Waals surface area contributed by atoms with E-state index in [1.54, 1.807) is 20.8 Å². The monoisotopic (exact) mass is 293 g/mol. The molecule has 0 bridgehead atoms. The maximum atomic E-state index is 11.3. The van der Waals surface area contributed by atoms with E-state index in [-0.39, 0.29) is 6.42 Å². The topological polar surface area (TPSA) is 75.6 Å². The largest absolute Gasteiger partial charge is 0.480 e. The molecule has 0 fully saturated rings. The molecule has 0 saturated heterocycles. The second-order valence-corrected chi connectivity index (χ2v) is 5.38. The highest BCUT2D eigenvalue weighted by atomic mass is 79.9. The number of hydrogen-bond acceptors (Lipinski definition) is 3. The standard InChI is InChI=1S/C10H16BrNO4/c1-6(11)5-7(8(13)14)12-9(15)16-10(2,3)4/h7H,1,5H2,2-4H3,(H,12,15)(H,13,14)/t7-/m0/s1. The average molecular weight is 294 g/mol. The lowest BCUT2D eigenvalue weighted by molar-refractivity contribution is -0.139. The van der Waals surface area contributed by atoms with E-state index in [1.165, 1.54) is 0 Å². The van der Waals surface area contributed by atoms with Crippen molar-refractivity contribution in [1.29, 1.82) is 0 Å². The molecule has 1 atom stereocenters. The van der Waals surface area contributed by atoms with Crippen molar-refractivity contribution in [2.24, 2.45) is 0 Å². The summed E-state index contributed by atoms with van der Waals surface area (Å²) in [5, 5.41) is 11.1. The van der Waals surface area contributed by atoms with E-state index in [4.69, 9.17) is 9.84 Å². The van der Waals surface area contributed by atoms with Gasteiger partial charge in [0.2, 0.25) is 0 Å². The fraction of sp³-hybridized carbons (Fsp3) is 0.600. The number of hydrogen-bond donors (Lipinski definition) is 2. The first-order chi connectivity index (χ1) is 7.11. The highest BCUT2D eigenvalue weighted by molar-refractivity contribution is 9.11. The molecule has 92 valence electrons. The molecule has 5 nitrogen and oxygen atoms in total. The fourth-order valence-electron chi connectivity index (χ4n) is 0.871. The summed E-state index contributed by atoms with van der Waals surface area (Å²) < 4.78 is 5.44. The summed E-state index contributed by atoms with van der Waals surface area (Å²) in [7, 11) is 0. The Hall–Kier alpha value is -1.04. The Morgan fingerprint density at radius 2 is 2.00 bits per heavy atom. The molecule has 2 N–H and O–H groups in total. The molecule has 0 spiro atoms. The summed E-state index contributed by atoms with van der Waals surface area (Å²) in [4.78, 5) is 22.1. The van der Waals surface area contributed by atoms with Crippen molar-refractivity contribution in [3.05, 3.63) is 11.1 Å². The van der Waals surface area contributed by atoms with Crippen molar-refractivity contribution in [3.8, 4) is 0 Å². The summed E-state index contributed by atoms with van der Waals surface area (Å²) >= 11 is 3.04. The second kappa shape index (κ2) is 5.89. The van der Waals surface area contributed by atoms with Gasteiger partial charge in [-0.05, 0) is 25.3 Å². The lowest BCUT2D eigenvalue weighted by Gasteiger charge is -2.21. The van der Waals surface area contributed by atoms with Crippen LogP contribution in [-0.2, 0) is 9.53 Å². The van der Waals surface area contributed by atoms with Gasteiger partial charge in [0.05, 0.1) is 0 Å². The maximum Gasteiger partial charge on any atom is 0.408 e. The van der Waals surface area contributed by atoms with Crippen LogP contribution in [0.15, 0.2) is 11.1 Å². The van der Waals surface area contributed by atoms with Crippen LogP contribution in [0.5, 0.6) is 0 Å². The summed E-state index contributed by atoms with van der Waals surface area (Å²) in [6.07, 6.45) is -0.650. The summed E-state index contributed by atoms with van der Waals surface area (Å²) in [6.45, 7) is 8.62. The number of nitrogens with one attached hydrogen (secondary N) is 1. The van der Waals surface area contributed by atoms with Crippen LogP contribution < -0.4 is 5.32 Å². The van der Waals surface area contributed by atoms with Crippen LogP contribution in [0.2, 0.25) is 0 Å². The zero-order valence-corrected chi connectivity index (χ0v) is 11.1. The Balaban J connectivity index is 4.35. The van der Waals surface area contributed by atoms with Crippen LogP contribution in [0.1, 0.15) is 27.2 Å². The lowest BCUT2D eigenvalue weighted by Crippen LogP contribution is -2.43. The number of carbonyl (C=O) groups excluding carboxylic acids is 1. The zero-order chi connectivity index (χ0) is 12.9. The molecule has 0 aliphatic rings. The van der Waals surface area contributed by atoms with Crippen LogP contribution >= 0.6 is 15.9 Å². The maximum absolute atomic E-state index is 11.3. The third-order valence-electron chi connectivity index (χ3n) is 1.41. The van der Waals surface area contributed by atoms with Gasteiger partial charge in [-0.15, -0.1) is 0 Å². The molecule has 1 amide bonds. The molecule has 0 aromatic heterocycles. The first-order valence-electron chi connectivity index (χ1n) is 4.67. The van der Waals surface area contributed by atoms with Crippen molar-refractivity contribution in [2.75, 3.05) is 0 Å². The van der Waals surface area contributed by atoms with Crippen LogP contribution in [0.25, 0.3) is 0 Å². The molecule has 0 aliphatic carbocycles. The van der Waals surface area contributed by atoms with Gasteiger partial charge >= 0.3 is 12.1 Å². The predicted octanol–water partition coefficient (Wildman–Crippen LogP) is 2.26. The van der Waals surface area contributed by atoms with Gasteiger partial charge in [-0.25, -0.2) is 9.59 Å². The molecule has 0 heterocycles. The Labute approximate surface area is 103 Å². The van der Waals surface area contributed by atoms with Crippen molar-refractivity contribution in [1.82, 2.24) is 5.32 Å². The number of halogens is 1. The normalized spacial score (nSPS) is 12.8. The van der Waals surface area contributed by atoms with E-state index in [1.807, 2.05) is 0 Å². The molecular formula is C10H16BrNO4. The number of carboxylic acid groups (broad SMARTS) is 1. The average Bonchev–Trinajstić information content (AvgIpc) is 1.97. The first-order valence-corrected chi connectivity index (χ1v) is 5.46. The smallest absolute Gasteiger partial charge is 0.408 e. The predicted molar refractivity (Wildman–Crippen MR) is 63.5 cm³/mol. The van der Waals surface area contributed by atoms with Gasteiger partial charge in [-0.1, -0.05) is 22.5 Å². The Morgan fingerprint density at radius 1 is 1.50 bits per heavy atom.